The van der Waals surface area contributed by atoms with Gasteiger partial charge < -0.3 is 14.6 Å². The summed E-state index contributed by atoms with van der Waals surface area (Å²) in [5.74, 6) is 0.130. The maximum absolute atomic E-state index is 13.7. The largest absolute Gasteiger partial charge is 0.503 e. The fraction of sp³-hybridized carbons (Fsp3) is 0.296. The predicted octanol–water partition coefficient (Wildman–Crippen LogP) is 4.40. The summed E-state index contributed by atoms with van der Waals surface area (Å²) in [7, 11) is 1.46. The molecule has 0 spiro atoms. The molecule has 9 heteroatoms. The smallest absolute Gasteiger partial charge is 0.338 e. The Hall–Kier alpha value is -3.17. The number of benzene rings is 2. The highest BCUT2D eigenvalue weighted by atomic mass is 79.9. The van der Waals surface area contributed by atoms with E-state index in [1.54, 1.807) is 36.6 Å². The van der Waals surface area contributed by atoms with Crippen molar-refractivity contribution in [2.75, 3.05) is 13.7 Å². The van der Waals surface area contributed by atoms with Gasteiger partial charge in [0.25, 0.3) is 5.56 Å². The molecule has 4 rings (SSSR count). The zero-order valence-electron chi connectivity index (χ0n) is 20.7. The first-order valence-electron chi connectivity index (χ1n) is 11.5. The molecule has 1 atom stereocenters. The van der Waals surface area contributed by atoms with E-state index in [1.807, 2.05) is 24.3 Å². The van der Waals surface area contributed by atoms with Crippen LogP contribution in [-0.2, 0) is 9.53 Å². The summed E-state index contributed by atoms with van der Waals surface area (Å²) in [5, 5.41) is 10.1. The van der Waals surface area contributed by atoms with Crippen LogP contribution in [0.15, 0.2) is 61.9 Å². The molecule has 0 fully saturated rings. The molecule has 1 unspecified atom stereocenters. The third-order valence-corrected chi connectivity index (χ3v) is 7.59. The number of nitrogens with zero attached hydrogens (tertiary/aromatic N) is 2. The summed E-state index contributed by atoms with van der Waals surface area (Å²) in [6.07, 6.45) is 1.72. The van der Waals surface area contributed by atoms with Gasteiger partial charge >= 0.3 is 5.97 Å². The normalized spacial score (nSPS) is 15.6. The van der Waals surface area contributed by atoms with Gasteiger partial charge in [-0.25, -0.2) is 9.79 Å². The Morgan fingerprint density at radius 3 is 2.58 bits per heavy atom. The Balaban J connectivity index is 1.94. The first-order valence-corrected chi connectivity index (χ1v) is 13.1. The lowest BCUT2D eigenvalue weighted by Crippen LogP contribution is -2.39. The molecule has 1 aromatic heterocycles. The molecule has 0 radical (unpaired) electrons. The number of carbonyl (C=O) groups is 1. The number of aromatic hydroxyl groups is 1. The van der Waals surface area contributed by atoms with E-state index in [4.69, 9.17) is 9.47 Å². The minimum Gasteiger partial charge on any atom is -0.503 e. The van der Waals surface area contributed by atoms with Gasteiger partial charge in [-0.05, 0) is 70.6 Å². The van der Waals surface area contributed by atoms with Crippen LogP contribution in [0.1, 0.15) is 56.3 Å². The molecular weight excluding hydrogens is 544 g/mol. The van der Waals surface area contributed by atoms with Gasteiger partial charge in [0.1, 0.15) is 0 Å². The Labute approximate surface area is 221 Å². The van der Waals surface area contributed by atoms with Gasteiger partial charge in [-0.3, -0.25) is 9.36 Å². The van der Waals surface area contributed by atoms with Gasteiger partial charge in [0.15, 0.2) is 16.3 Å². The van der Waals surface area contributed by atoms with E-state index in [0.717, 1.165) is 11.1 Å². The van der Waals surface area contributed by atoms with Crippen LogP contribution >= 0.6 is 27.3 Å². The minimum atomic E-state index is -0.662. The summed E-state index contributed by atoms with van der Waals surface area (Å²) >= 11 is 4.56. The maximum Gasteiger partial charge on any atom is 0.338 e. The van der Waals surface area contributed by atoms with Crippen molar-refractivity contribution in [2.24, 2.45) is 4.99 Å². The molecule has 0 aliphatic carbocycles. The maximum atomic E-state index is 13.7. The van der Waals surface area contributed by atoms with E-state index < -0.39 is 12.0 Å². The van der Waals surface area contributed by atoms with Crippen LogP contribution in [0.5, 0.6) is 11.5 Å². The van der Waals surface area contributed by atoms with Gasteiger partial charge in [-0.1, -0.05) is 49.4 Å². The number of phenols is 1. The van der Waals surface area contributed by atoms with Crippen molar-refractivity contribution in [3.63, 3.8) is 0 Å². The number of carbonyl (C=O) groups excluding carboxylic acids is 1. The molecule has 1 N–H and O–H groups in total. The predicted molar refractivity (Wildman–Crippen MR) is 143 cm³/mol. The Morgan fingerprint density at radius 2 is 1.97 bits per heavy atom. The molecule has 1 aliphatic rings. The number of thiazole rings is 1. The van der Waals surface area contributed by atoms with E-state index in [0.29, 0.717) is 36.6 Å². The van der Waals surface area contributed by atoms with Crippen molar-refractivity contribution < 1.29 is 19.4 Å². The highest BCUT2D eigenvalue weighted by Gasteiger charge is 2.33. The van der Waals surface area contributed by atoms with E-state index >= 15 is 0 Å². The molecule has 2 heterocycles. The van der Waals surface area contributed by atoms with Crippen LogP contribution in [0.4, 0.5) is 0 Å². The van der Waals surface area contributed by atoms with Crippen LogP contribution in [0.3, 0.4) is 0 Å². The summed E-state index contributed by atoms with van der Waals surface area (Å²) in [6, 6.07) is 10.6. The van der Waals surface area contributed by atoms with E-state index in [9.17, 15) is 14.7 Å². The first-order chi connectivity index (χ1) is 17.2. The molecule has 2 aromatic carbocycles. The molecule has 188 valence electrons. The van der Waals surface area contributed by atoms with Crippen molar-refractivity contribution in [1.29, 1.82) is 0 Å². The Bertz CT molecular complexity index is 1530. The molecule has 0 saturated carbocycles. The van der Waals surface area contributed by atoms with Gasteiger partial charge in [-0.15, -0.1) is 0 Å². The highest BCUT2D eigenvalue weighted by Crippen LogP contribution is 2.35. The number of methoxy groups -OCH3 is 1. The lowest BCUT2D eigenvalue weighted by atomic mass is 9.93. The zero-order valence-corrected chi connectivity index (χ0v) is 23.1. The zero-order chi connectivity index (χ0) is 26.1. The van der Waals surface area contributed by atoms with Crippen LogP contribution in [0.25, 0.3) is 6.08 Å². The quantitative estimate of drug-likeness (QED) is 0.444. The lowest BCUT2D eigenvalue weighted by Gasteiger charge is -2.25. The minimum absolute atomic E-state index is 0.0179. The van der Waals surface area contributed by atoms with Crippen LogP contribution in [-0.4, -0.2) is 29.4 Å². The topological polar surface area (TPSA) is 90.1 Å². The lowest BCUT2D eigenvalue weighted by molar-refractivity contribution is -0.139. The molecule has 7 nitrogen and oxygen atoms in total. The SMILES string of the molecule is CCOC(=O)C1=C(C)N=c2s/c(=C\c3cc(Br)c(O)c(OC)c3)c(=O)n2C1c1ccc(C(C)C)cc1. The van der Waals surface area contributed by atoms with Gasteiger partial charge in [-0.2, -0.15) is 0 Å². The summed E-state index contributed by atoms with van der Waals surface area (Å²) < 4.78 is 13.0. The van der Waals surface area contributed by atoms with E-state index in [-0.39, 0.29) is 23.7 Å². The standard InChI is InChI=1S/C27H27BrN2O5S/c1-6-35-26(33)22-15(4)29-27-30(23(22)18-9-7-17(8-10-18)14(2)3)25(32)21(36-27)13-16-11-19(28)24(31)20(12-16)34-5/h7-14,23,31H,6H2,1-5H3/b21-13-. The molecule has 0 amide bonds. The number of ether oxygens (including phenoxy) is 2. The number of allylic oxidation sites excluding steroid dienone is 1. The molecule has 0 saturated heterocycles. The molecule has 36 heavy (non-hydrogen) atoms. The number of esters is 1. The number of aromatic nitrogens is 1. The Kier molecular flexibility index (Phi) is 7.51. The number of hydrogen-bond acceptors (Lipinski definition) is 7. The number of rotatable bonds is 6. The summed E-state index contributed by atoms with van der Waals surface area (Å²) in [5.41, 5.74) is 3.24. The number of halogens is 1. The molecule has 1 aliphatic heterocycles. The third kappa shape index (κ3) is 4.77. The average Bonchev–Trinajstić information content (AvgIpc) is 3.14. The van der Waals surface area contributed by atoms with Crippen molar-refractivity contribution in [3.05, 3.63) is 88.5 Å². The van der Waals surface area contributed by atoms with Crippen LogP contribution in [0.2, 0.25) is 0 Å². The fourth-order valence-electron chi connectivity index (χ4n) is 4.15. The second-order valence-corrected chi connectivity index (χ2v) is 10.5. The molecule has 0 bridgehead atoms. The summed E-state index contributed by atoms with van der Waals surface area (Å²) in [6.45, 7) is 7.96. The van der Waals surface area contributed by atoms with Crippen molar-refractivity contribution in [3.8, 4) is 11.5 Å². The number of hydrogen-bond donors (Lipinski definition) is 1. The van der Waals surface area contributed by atoms with Crippen LogP contribution < -0.4 is 19.6 Å². The Morgan fingerprint density at radius 1 is 1.28 bits per heavy atom. The molecular formula is C27H27BrN2O5S. The number of fused-ring (bicyclic) bond motifs is 1. The average molecular weight is 571 g/mol. The highest BCUT2D eigenvalue weighted by molar-refractivity contribution is 9.10. The summed E-state index contributed by atoms with van der Waals surface area (Å²) in [4.78, 5) is 31.9. The monoisotopic (exact) mass is 570 g/mol. The third-order valence-electron chi connectivity index (χ3n) is 6.00. The van der Waals surface area contributed by atoms with Crippen molar-refractivity contribution in [2.45, 2.75) is 39.7 Å². The van der Waals surface area contributed by atoms with E-state index in [2.05, 4.69) is 34.8 Å². The second-order valence-electron chi connectivity index (χ2n) is 8.68. The van der Waals surface area contributed by atoms with Gasteiger partial charge in [0, 0.05) is 0 Å². The first kappa shape index (κ1) is 25.9. The van der Waals surface area contributed by atoms with Crippen molar-refractivity contribution in [1.82, 2.24) is 4.57 Å². The fourth-order valence-corrected chi connectivity index (χ4v) is 5.66. The van der Waals surface area contributed by atoms with Gasteiger partial charge in [0.2, 0.25) is 0 Å². The van der Waals surface area contributed by atoms with Crippen LogP contribution in [0, 0.1) is 0 Å². The van der Waals surface area contributed by atoms with E-state index in [1.165, 1.54) is 18.4 Å². The van der Waals surface area contributed by atoms with Gasteiger partial charge in [0.05, 0.1) is 40.0 Å². The number of phenolic OH excluding ortho intramolecular Hbond substituents is 1. The second kappa shape index (κ2) is 10.4. The molecule has 3 aromatic rings. The van der Waals surface area contributed by atoms with Crippen molar-refractivity contribution >= 4 is 39.3 Å².